The van der Waals surface area contributed by atoms with Gasteiger partial charge in [0.05, 0.1) is 10.7 Å². The molecule has 1 aromatic rings. The zero-order chi connectivity index (χ0) is 12.1. The Bertz CT molecular complexity index is 384. The number of anilines is 1. The largest absolute Gasteiger partial charge is 0.480 e. The molecule has 0 bridgehead atoms. The Labute approximate surface area is 113 Å². The number of hydrogen-bond acceptors (Lipinski definition) is 2. The van der Waals surface area contributed by atoms with Crippen molar-refractivity contribution in [2.24, 2.45) is 0 Å². The standard InChI is InChI=1S/C11H13ClINO2/c1-2-3-10(11(15)16)14-9-5-4-7(13)6-8(9)12/h4-6,10,14H,2-3H2,1H3,(H,15,16). The molecule has 16 heavy (non-hydrogen) atoms. The average Bonchev–Trinajstić information content (AvgIpc) is 2.20. The maximum atomic E-state index is 11.0. The number of carbonyl (C=O) groups is 1. The van der Waals surface area contributed by atoms with E-state index in [2.05, 4.69) is 27.9 Å². The highest BCUT2D eigenvalue weighted by Gasteiger charge is 2.16. The molecule has 1 unspecified atom stereocenters. The van der Waals surface area contributed by atoms with Crippen LogP contribution < -0.4 is 5.32 Å². The van der Waals surface area contributed by atoms with Crippen LogP contribution in [0.3, 0.4) is 0 Å². The first kappa shape index (κ1) is 13.6. The highest BCUT2D eigenvalue weighted by Crippen LogP contribution is 2.25. The third-order valence-electron chi connectivity index (χ3n) is 2.14. The lowest BCUT2D eigenvalue weighted by Crippen LogP contribution is -2.29. The third kappa shape index (κ3) is 3.83. The van der Waals surface area contributed by atoms with Gasteiger partial charge in [-0.3, -0.25) is 0 Å². The lowest BCUT2D eigenvalue weighted by Gasteiger charge is -2.16. The number of benzene rings is 1. The summed E-state index contributed by atoms with van der Waals surface area (Å²) in [5.41, 5.74) is 0.669. The van der Waals surface area contributed by atoms with Crippen molar-refractivity contribution >= 4 is 45.8 Å². The summed E-state index contributed by atoms with van der Waals surface area (Å²) in [5.74, 6) is -0.850. The Morgan fingerprint density at radius 1 is 1.62 bits per heavy atom. The summed E-state index contributed by atoms with van der Waals surface area (Å²) in [6, 6.07) is 4.91. The number of nitrogens with one attached hydrogen (secondary N) is 1. The molecular formula is C11H13ClINO2. The summed E-state index contributed by atoms with van der Waals surface area (Å²) in [7, 11) is 0. The van der Waals surface area contributed by atoms with Gasteiger partial charge in [-0.2, -0.15) is 0 Å². The molecule has 0 aliphatic rings. The molecule has 0 saturated heterocycles. The Kier molecular flexibility index (Phi) is 5.34. The summed E-state index contributed by atoms with van der Waals surface area (Å²) in [4.78, 5) is 11.0. The van der Waals surface area contributed by atoms with Gasteiger partial charge in [0.15, 0.2) is 0 Å². The molecular weight excluding hydrogens is 340 g/mol. The minimum Gasteiger partial charge on any atom is -0.480 e. The summed E-state index contributed by atoms with van der Waals surface area (Å²) in [6.45, 7) is 1.95. The number of hydrogen-bond donors (Lipinski definition) is 2. The molecule has 2 N–H and O–H groups in total. The van der Waals surface area contributed by atoms with E-state index < -0.39 is 12.0 Å². The van der Waals surface area contributed by atoms with E-state index in [1.54, 1.807) is 12.1 Å². The fraction of sp³-hybridized carbons (Fsp3) is 0.364. The molecule has 1 rings (SSSR count). The first-order chi connectivity index (χ1) is 7.54. The van der Waals surface area contributed by atoms with Crippen molar-refractivity contribution in [2.75, 3.05) is 5.32 Å². The van der Waals surface area contributed by atoms with Crippen molar-refractivity contribution in [1.82, 2.24) is 0 Å². The quantitative estimate of drug-likeness (QED) is 0.795. The molecule has 88 valence electrons. The first-order valence-electron chi connectivity index (χ1n) is 4.99. The molecule has 0 heterocycles. The second kappa shape index (κ2) is 6.30. The van der Waals surface area contributed by atoms with Gasteiger partial charge in [0, 0.05) is 3.57 Å². The lowest BCUT2D eigenvalue weighted by atomic mass is 10.1. The van der Waals surface area contributed by atoms with E-state index in [-0.39, 0.29) is 0 Å². The zero-order valence-electron chi connectivity index (χ0n) is 8.84. The van der Waals surface area contributed by atoms with Gasteiger partial charge in [-0.05, 0) is 47.2 Å². The van der Waals surface area contributed by atoms with Crippen molar-refractivity contribution in [3.8, 4) is 0 Å². The predicted octanol–water partition coefficient (Wildman–Crippen LogP) is 3.61. The van der Waals surface area contributed by atoms with Gasteiger partial charge in [-0.25, -0.2) is 4.79 Å². The van der Waals surface area contributed by atoms with Crippen molar-refractivity contribution in [1.29, 1.82) is 0 Å². The fourth-order valence-electron chi connectivity index (χ4n) is 1.34. The molecule has 5 heteroatoms. The van der Waals surface area contributed by atoms with Gasteiger partial charge < -0.3 is 10.4 Å². The van der Waals surface area contributed by atoms with E-state index in [9.17, 15) is 4.79 Å². The normalized spacial score (nSPS) is 12.2. The van der Waals surface area contributed by atoms with Crippen LogP contribution in [0.15, 0.2) is 18.2 Å². The van der Waals surface area contributed by atoms with Crippen LogP contribution in [0.2, 0.25) is 5.02 Å². The van der Waals surface area contributed by atoms with Crippen LogP contribution in [0.5, 0.6) is 0 Å². The van der Waals surface area contributed by atoms with Crippen LogP contribution in [0.4, 0.5) is 5.69 Å². The van der Waals surface area contributed by atoms with Crippen LogP contribution in [-0.4, -0.2) is 17.1 Å². The molecule has 0 aromatic heterocycles. The maximum Gasteiger partial charge on any atom is 0.326 e. The zero-order valence-corrected chi connectivity index (χ0v) is 11.7. The molecule has 0 spiro atoms. The van der Waals surface area contributed by atoms with E-state index in [4.69, 9.17) is 16.7 Å². The molecule has 3 nitrogen and oxygen atoms in total. The SMILES string of the molecule is CCCC(Nc1ccc(I)cc1Cl)C(=O)O. The van der Waals surface area contributed by atoms with Gasteiger partial charge in [0.2, 0.25) is 0 Å². The van der Waals surface area contributed by atoms with Crippen molar-refractivity contribution in [3.63, 3.8) is 0 Å². The summed E-state index contributed by atoms with van der Waals surface area (Å²) in [6.07, 6.45) is 1.39. The fourth-order valence-corrected chi connectivity index (χ4v) is 2.25. The number of aliphatic carboxylic acids is 1. The number of carboxylic acids is 1. The van der Waals surface area contributed by atoms with Gasteiger partial charge in [-0.15, -0.1) is 0 Å². The van der Waals surface area contributed by atoms with Gasteiger partial charge in [0.1, 0.15) is 6.04 Å². The summed E-state index contributed by atoms with van der Waals surface area (Å²) >= 11 is 8.18. The van der Waals surface area contributed by atoms with Crippen LogP contribution >= 0.6 is 34.2 Å². The minimum absolute atomic E-state index is 0.550. The van der Waals surface area contributed by atoms with Crippen LogP contribution in [0.1, 0.15) is 19.8 Å². The van der Waals surface area contributed by atoms with E-state index in [1.165, 1.54) is 0 Å². The Morgan fingerprint density at radius 2 is 2.31 bits per heavy atom. The molecule has 0 amide bonds. The average molecular weight is 354 g/mol. The maximum absolute atomic E-state index is 11.0. The molecule has 1 aromatic carbocycles. The smallest absolute Gasteiger partial charge is 0.326 e. The molecule has 0 radical (unpaired) electrons. The van der Waals surface area contributed by atoms with E-state index >= 15 is 0 Å². The first-order valence-corrected chi connectivity index (χ1v) is 6.44. The molecule has 0 fully saturated rings. The van der Waals surface area contributed by atoms with Gasteiger partial charge in [-0.1, -0.05) is 24.9 Å². The summed E-state index contributed by atoms with van der Waals surface area (Å²) in [5, 5.41) is 12.5. The molecule has 0 aliphatic carbocycles. The highest BCUT2D eigenvalue weighted by molar-refractivity contribution is 14.1. The predicted molar refractivity (Wildman–Crippen MR) is 74.1 cm³/mol. The van der Waals surface area contributed by atoms with Crippen LogP contribution in [-0.2, 0) is 4.79 Å². The highest BCUT2D eigenvalue weighted by atomic mass is 127. The number of halogens is 2. The third-order valence-corrected chi connectivity index (χ3v) is 3.12. The van der Waals surface area contributed by atoms with Gasteiger partial charge in [0.25, 0.3) is 0 Å². The van der Waals surface area contributed by atoms with E-state index in [0.717, 1.165) is 9.99 Å². The van der Waals surface area contributed by atoms with Crippen molar-refractivity contribution in [3.05, 3.63) is 26.8 Å². The van der Waals surface area contributed by atoms with Gasteiger partial charge >= 0.3 is 5.97 Å². The van der Waals surface area contributed by atoms with Crippen LogP contribution in [0.25, 0.3) is 0 Å². The second-order valence-electron chi connectivity index (χ2n) is 3.45. The monoisotopic (exact) mass is 353 g/mol. The Morgan fingerprint density at radius 3 is 2.81 bits per heavy atom. The Balaban J connectivity index is 2.81. The van der Waals surface area contributed by atoms with Crippen molar-refractivity contribution < 1.29 is 9.90 Å². The van der Waals surface area contributed by atoms with E-state index in [0.29, 0.717) is 17.1 Å². The molecule has 0 aliphatic heterocycles. The second-order valence-corrected chi connectivity index (χ2v) is 5.10. The number of carboxylic acid groups (broad SMARTS) is 1. The minimum atomic E-state index is -0.850. The topological polar surface area (TPSA) is 49.3 Å². The Hall–Kier alpha value is -0.490. The number of rotatable bonds is 5. The molecule has 0 saturated carbocycles. The van der Waals surface area contributed by atoms with Crippen molar-refractivity contribution in [2.45, 2.75) is 25.8 Å². The lowest BCUT2D eigenvalue weighted by molar-refractivity contribution is -0.138. The summed E-state index contributed by atoms with van der Waals surface area (Å²) < 4.78 is 1.02. The van der Waals surface area contributed by atoms with Crippen LogP contribution in [0, 0.1) is 3.57 Å². The van der Waals surface area contributed by atoms with E-state index in [1.807, 2.05) is 13.0 Å². The molecule has 1 atom stereocenters.